The molecule has 0 heterocycles. The summed E-state index contributed by atoms with van der Waals surface area (Å²) in [5.41, 5.74) is 0.852. The molecule has 2 aromatic carbocycles. The number of benzene rings is 2. The Morgan fingerprint density at radius 2 is 1.62 bits per heavy atom. The van der Waals surface area contributed by atoms with Gasteiger partial charge in [-0.1, -0.05) is 41.4 Å². The minimum Gasteiger partial charge on any atom is -0.480 e. The summed E-state index contributed by atoms with van der Waals surface area (Å²) in [5.74, 6) is -2.98. The fourth-order valence-corrected chi connectivity index (χ4v) is 3.31. The molecule has 29 heavy (non-hydrogen) atoms. The van der Waals surface area contributed by atoms with E-state index in [0.717, 1.165) is 0 Å². The predicted octanol–water partition coefficient (Wildman–Crippen LogP) is 2.99. The van der Waals surface area contributed by atoms with E-state index >= 15 is 0 Å². The van der Waals surface area contributed by atoms with Gasteiger partial charge < -0.3 is 15.7 Å². The lowest BCUT2D eigenvalue weighted by atomic mass is 10.0. The molecule has 2 rings (SSSR count). The molecule has 3 N–H and O–H groups in total. The largest absolute Gasteiger partial charge is 0.480 e. The van der Waals surface area contributed by atoms with Crippen molar-refractivity contribution in [2.75, 3.05) is 0 Å². The molecule has 0 aliphatic carbocycles. The number of hydrogen-bond acceptors (Lipinski definition) is 3. The molecule has 0 saturated carbocycles. The van der Waals surface area contributed by atoms with Crippen LogP contribution >= 0.6 is 23.2 Å². The highest BCUT2D eigenvalue weighted by Gasteiger charge is 2.27. The Balaban J connectivity index is 2.19. The molecule has 2 amide bonds. The molecule has 0 fully saturated rings. The van der Waals surface area contributed by atoms with Crippen LogP contribution in [0.4, 0.5) is 4.39 Å². The zero-order valence-corrected chi connectivity index (χ0v) is 16.9. The summed E-state index contributed by atoms with van der Waals surface area (Å²) in [6.07, 6.45) is -0.158. The fraction of sp³-hybridized carbons (Fsp3) is 0.250. The minimum atomic E-state index is -1.33. The SMILES string of the molecule is CC(=O)N[C@@H](Cc1cccc(F)c1)C(=O)N[C@H](Cc1c(Cl)cccc1Cl)C(=O)O. The number of carbonyl (C=O) groups is 3. The van der Waals surface area contributed by atoms with Gasteiger partial charge in [0, 0.05) is 29.8 Å². The number of amides is 2. The van der Waals surface area contributed by atoms with Crippen LogP contribution in [-0.4, -0.2) is 35.0 Å². The third-order valence-electron chi connectivity index (χ3n) is 4.11. The van der Waals surface area contributed by atoms with E-state index in [-0.39, 0.29) is 22.9 Å². The highest BCUT2D eigenvalue weighted by atomic mass is 35.5. The van der Waals surface area contributed by atoms with Crippen molar-refractivity contribution in [1.82, 2.24) is 10.6 Å². The van der Waals surface area contributed by atoms with Gasteiger partial charge in [0.15, 0.2) is 0 Å². The lowest BCUT2D eigenvalue weighted by Gasteiger charge is -2.22. The number of carbonyl (C=O) groups excluding carboxylic acids is 2. The molecule has 2 atom stereocenters. The highest BCUT2D eigenvalue weighted by molar-refractivity contribution is 6.36. The second kappa shape index (κ2) is 10.2. The Hall–Kier alpha value is -2.64. The van der Waals surface area contributed by atoms with Crippen molar-refractivity contribution >= 4 is 41.0 Å². The molecule has 0 radical (unpaired) electrons. The molecular weight excluding hydrogens is 422 g/mol. The molecule has 0 aromatic heterocycles. The van der Waals surface area contributed by atoms with Gasteiger partial charge in [-0.15, -0.1) is 0 Å². The van der Waals surface area contributed by atoms with Crippen molar-refractivity contribution in [1.29, 1.82) is 0 Å². The van der Waals surface area contributed by atoms with E-state index in [1.54, 1.807) is 24.3 Å². The van der Waals surface area contributed by atoms with Crippen LogP contribution in [0.2, 0.25) is 10.0 Å². The van der Waals surface area contributed by atoms with Gasteiger partial charge in [0.05, 0.1) is 0 Å². The molecule has 0 unspecified atom stereocenters. The van der Waals surface area contributed by atoms with Crippen molar-refractivity contribution in [3.63, 3.8) is 0 Å². The van der Waals surface area contributed by atoms with Crippen LogP contribution in [0.3, 0.4) is 0 Å². The van der Waals surface area contributed by atoms with Crippen LogP contribution in [0, 0.1) is 5.82 Å². The Morgan fingerprint density at radius 3 is 2.17 bits per heavy atom. The van der Waals surface area contributed by atoms with E-state index in [0.29, 0.717) is 11.1 Å². The normalized spacial score (nSPS) is 12.7. The Morgan fingerprint density at radius 1 is 1.00 bits per heavy atom. The van der Waals surface area contributed by atoms with Crippen molar-refractivity contribution in [2.45, 2.75) is 31.8 Å². The van der Waals surface area contributed by atoms with Crippen molar-refractivity contribution in [3.05, 3.63) is 69.5 Å². The van der Waals surface area contributed by atoms with Crippen molar-refractivity contribution in [2.24, 2.45) is 0 Å². The highest BCUT2D eigenvalue weighted by Crippen LogP contribution is 2.25. The average Bonchev–Trinajstić information content (AvgIpc) is 2.62. The first-order valence-corrected chi connectivity index (χ1v) is 9.40. The summed E-state index contributed by atoms with van der Waals surface area (Å²) in [6.45, 7) is 1.23. The summed E-state index contributed by atoms with van der Waals surface area (Å²) in [4.78, 5) is 35.9. The third kappa shape index (κ3) is 6.73. The van der Waals surface area contributed by atoms with E-state index in [1.807, 2.05) is 0 Å². The molecule has 6 nitrogen and oxygen atoms in total. The molecule has 0 aliphatic heterocycles. The van der Waals surface area contributed by atoms with Crippen LogP contribution in [0.15, 0.2) is 42.5 Å². The van der Waals surface area contributed by atoms with E-state index in [9.17, 15) is 23.9 Å². The smallest absolute Gasteiger partial charge is 0.326 e. The van der Waals surface area contributed by atoms with E-state index in [2.05, 4.69) is 10.6 Å². The lowest BCUT2D eigenvalue weighted by Crippen LogP contribution is -2.52. The lowest BCUT2D eigenvalue weighted by molar-refractivity contribution is -0.142. The third-order valence-corrected chi connectivity index (χ3v) is 4.82. The summed E-state index contributed by atoms with van der Waals surface area (Å²) < 4.78 is 13.4. The Labute approximate surface area is 177 Å². The average molecular weight is 441 g/mol. The van der Waals surface area contributed by atoms with Crippen molar-refractivity contribution in [3.8, 4) is 0 Å². The maximum atomic E-state index is 13.4. The van der Waals surface area contributed by atoms with E-state index in [4.69, 9.17) is 23.2 Å². The molecule has 9 heteroatoms. The number of rotatable bonds is 8. The summed E-state index contributed by atoms with van der Waals surface area (Å²) >= 11 is 12.2. The predicted molar refractivity (Wildman–Crippen MR) is 107 cm³/mol. The minimum absolute atomic E-state index is 0.0115. The van der Waals surface area contributed by atoms with Crippen LogP contribution in [0.5, 0.6) is 0 Å². The molecule has 154 valence electrons. The van der Waals surface area contributed by atoms with Crippen LogP contribution in [0.25, 0.3) is 0 Å². The number of hydrogen-bond donors (Lipinski definition) is 3. The number of aliphatic carboxylic acids is 1. The van der Waals surface area contributed by atoms with Gasteiger partial charge in [0.2, 0.25) is 11.8 Å². The quantitative estimate of drug-likeness (QED) is 0.587. The van der Waals surface area contributed by atoms with E-state index in [1.165, 1.54) is 25.1 Å². The first kappa shape index (κ1) is 22.6. The first-order valence-electron chi connectivity index (χ1n) is 8.65. The second-order valence-corrected chi connectivity index (χ2v) is 7.21. The zero-order chi connectivity index (χ0) is 21.6. The summed E-state index contributed by atoms with van der Waals surface area (Å²) in [5, 5.41) is 14.9. The number of carboxylic acids is 1. The summed E-state index contributed by atoms with van der Waals surface area (Å²) in [6, 6.07) is 7.90. The molecule has 0 saturated heterocycles. The topological polar surface area (TPSA) is 95.5 Å². The van der Waals surface area contributed by atoms with Crippen LogP contribution in [0.1, 0.15) is 18.1 Å². The molecule has 2 aromatic rings. The molecule has 0 spiro atoms. The zero-order valence-electron chi connectivity index (χ0n) is 15.4. The van der Waals surface area contributed by atoms with Gasteiger partial charge in [0.1, 0.15) is 17.9 Å². The van der Waals surface area contributed by atoms with Crippen LogP contribution < -0.4 is 10.6 Å². The monoisotopic (exact) mass is 440 g/mol. The van der Waals surface area contributed by atoms with Gasteiger partial charge >= 0.3 is 5.97 Å². The first-order chi connectivity index (χ1) is 13.7. The maximum Gasteiger partial charge on any atom is 0.326 e. The standard InChI is InChI=1S/C20H19Cl2FN2O4/c1-11(26)24-17(9-12-4-2-5-13(23)8-12)19(27)25-18(20(28)29)10-14-15(21)6-3-7-16(14)22/h2-8,17-18H,9-10H2,1H3,(H,24,26)(H,25,27)(H,28,29)/t17-,18+/m0/s1. The van der Waals surface area contributed by atoms with Gasteiger partial charge in [-0.3, -0.25) is 9.59 Å². The maximum absolute atomic E-state index is 13.4. The van der Waals surface area contributed by atoms with Crippen molar-refractivity contribution < 1.29 is 23.9 Å². The molecule has 0 bridgehead atoms. The van der Waals surface area contributed by atoms with Gasteiger partial charge in [-0.05, 0) is 35.4 Å². The Bertz CT molecular complexity index is 903. The van der Waals surface area contributed by atoms with Gasteiger partial charge in [-0.25, -0.2) is 9.18 Å². The van der Waals surface area contributed by atoms with Gasteiger partial charge in [-0.2, -0.15) is 0 Å². The summed E-state index contributed by atoms with van der Waals surface area (Å²) in [7, 11) is 0. The van der Waals surface area contributed by atoms with Gasteiger partial charge in [0.25, 0.3) is 0 Å². The van der Waals surface area contributed by atoms with E-state index < -0.39 is 35.7 Å². The van der Waals surface area contributed by atoms with Crippen LogP contribution in [-0.2, 0) is 27.2 Å². The number of halogens is 3. The molecular formula is C20H19Cl2FN2O4. The number of carboxylic acid groups (broad SMARTS) is 1. The second-order valence-electron chi connectivity index (χ2n) is 6.39. The Kier molecular flexibility index (Phi) is 7.99. The fourth-order valence-electron chi connectivity index (χ4n) is 2.76. The molecule has 0 aliphatic rings. The number of nitrogens with one attached hydrogen (secondary N) is 2.